The van der Waals surface area contributed by atoms with E-state index < -0.39 is 5.82 Å². The van der Waals surface area contributed by atoms with Crippen molar-refractivity contribution in [2.75, 3.05) is 13.7 Å². The molecule has 2 aromatic rings. The molecule has 0 spiro atoms. The van der Waals surface area contributed by atoms with Crippen LogP contribution in [0.4, 0.5) is 4.39 Å². The number of carbonyl (C=O) groups is 1. The summed E-state index contributed by atoms with van der Waals surface area (Å²) in [4.78, 5) is 11.9. The fourth-order valence-electron chi connectivity index (χ4n) is 2.00. The molecule has 0 saturated carbocycles. The minimum atomic E-state index is -0.461. The lowest BCUT2D eigenvalue weighted by atomic mass is 10.1. The highest BCUT2D eigenvalue weighted by Gasteiger charge is 2.12. The zero-order valence-corrected chi connectivity index (χ0v) is 14.4. The quantitative estimate of drug-likeness (QED) is 0.826. The van der Waals surface area contributed by atoms with Gasteiger partial charge in [-0.2, -0.15) is 0 Å². The van der Waals surface area contributed by atoms with Crippen LogP contribution in [0.5, 0.6) is 11.5 Å². The van der Waals surface area contributed by atoms with Crippen molar-refractivity contribution >= 4 is 21.8 Å². The lowest BCUT2D eigenvalue weighted by molar-refractivity contribution is -0.123. The smallest absolute Gasteiger partial charge is 0.258 e. The van der Waals surface area contributed by atoms with Crippen LogP contribution in [0.3, 0.4) is 0 Å². The number of methoxy groups -OCH3 is 1. The fourth-order valence-corrected chi connectivity index (χ4v) is 2.26. The standard InChI is InChI=1S/C17H17BrFNO3/c1-11(12-3-8-16(22-2)15(19)9-12)20-17(21)10-23-14-6-4-13(18)5-7-14/h3-9,11H,10H2,1-2H3,(H,20,21). The summed E-state index contributed by atoms with van der Waals surface area (Å²) in [5.74, 6) is 0.0335. The molecule has 0 fully saturated rings. The van der Waals surface area contributed by atoms with Gasteiger partial charge in [-0.15, -0.1) is 0 Å². The molecule has 0 aromatic heterocycles. The lowest BCUT2D eigenvalue weighted by Crippen LogP contribution is -2.31. The van der Waals surface area contributed by atoms with Crippen molar-refractivity contribution in [2.24, 2.45) is 0 Å². The third-order valence-corrected chi connectivity index (χ3v) is 3.77. The monoisotopic (exact) mass is 381 g/mol. The van der Waals surface area contributed by atoms with Crippen LogP contribution in [0.2, 0.25) is 0 Å². The first-order chi connectivity index (χ1) is 11.0. The summed E-state index contributed by atoms with van der Waals surface area (Å²) in [6, 6.07) is 11.4. The molecule has 23 heavy (non-hydrogen) atoms. The number of halogens is 2. The predicted molar refractivity (Wildman–Crippen MR) is 89.1 cm³/mol. The summed E-state index contributed by atoms with van der Waals surface area (Å²) in [7, 11) is 1.41. The Morgan fingerprint density at radius 1 is 1.26 bits per heavy atom. The van der Waals surface area contributed by atoms with Gasteiger partial charge in [0.15, 0.2) is 18.2 Å². The molecule has 4 nitrogen and oxygen atoms in total. The highest BCUT2D eigenvalue weighted by atomic mass is 79.9. The molecule has 0 heterocycles. The fraction of sp³-hybridized carbons (Fsp3) is 0.235. The number of carbonyl (C=O) groups excluding carboxylic acids is 1. The molecule has 1 N–H and O–H groups in total. The van der Waals surface area contributed by atoms with Crippen molar-refractivity contribution in [3.05, 3.63) is 58.3 Å². The summed E-state index contributed by atoms with van der Waals surface area (Å²) in [6.45, 7) is 1.67. The largest absolute Gasteiger partial charge is 0.494 e. The zero-order chi connectivity index (χ0) is 16.8. The van der Waals surface area contributed by atoms with E-state index in [0.29, 0.717) is 11.3 Å². The Hall–Kier alpha value is -2.08. The molecule has 6 heteroatoms. The van der Waals surface area contributed by atoms with E-state index in [0.717, 1.165) is 4.47 Å². The van der Waals surface area contributed by atoms with Crippen LogP contribution in [0.25, 0.3) is 0 Å². The van der Waals surface area contributed by atoms with Crippen molar-refractivity contribution in [3.63, 3.8) is 0 Å². The maximum Gasteiger partial charge on any atom is 0.258 e. The van der Waals surface area contributed by atoms with Crippen LogP contribution < -0.4 is 14.8 Å². The van der Waals surface area contributed by atoms with Gasteiger partial charge in [0.1, 0.15) is 5.75 Å². The number of hydrogen-bond donors (Lipinski definition) is 1. The van der Waals surface area contributed by atoms with Gasteiger partial charge in [0, 0.05) is 4.47 Å². The summed E-state index contributed by atoms with van der Waals surface area (Å²) < 4.78 is 24.9. The van der Waals surface area contributed by atoms with Crippen LogP contribution in [-0.2, 0) is 4.79 Å². The Kier molecular flexibility index (Phi) is 5.98. The van der Waals surface area contributed by atoms with Gasteiger partial charge in [0.2, 0.25) is 0 Å². The van der Waals surface area contributed by atoms with Gasteiger partial charge in [-0.25, -0.2) is 4.39 Å². The van der Waals surface area contributed by atoms with Gasteiger partial charge in [0.25, 0.3) is 5.91 Å². The SMILES string of the molecule is COc1ccc(C(C)NC(=O)COc2ccc(Br)cc2)cc1F. The third kappa shape index (κ3) is 4.96. The van der Waals surface area contributed by atoms with Gasteiger partial charge in [-0.1, -0.05) is 22.0 Å². The second-order valence-electron chi connectivity index (χ2n) is 4.93. The van der Waals surface area contributed by atoms with E-state index in [1.807, 2.05) is 12.1 Å². The number of benzene rings is 2. The van der Waals surface area contributed by atoms with Crippen LogP contribution in [0, 0.1) is 5.82 Å². The Morgan fingerprint density at radius 2 is 1.96 bits per heavy atom. The maximum absolute atomic E-state index is 13.7. The molecule has 0 bridgehead atoms. The van der Waals surface area contributed by atoms with Crippen LogP contribution in [-0.4, -0.2) is 19.6 Å². The first-order valence-corrected chi connectivity index (χ1v) is 7.80. The first kappa shape index (κ1) is 17.3. The summed E-state index contributed by atoms with van der Waals surface area (Å²) >= 11 is 3.33. The number of ether oxygens (including phenoxy) is 2. The summed E-state index contributed by atoms with van der Waals surface area (Å²) in [5.41, 5.74) is 0.653. The van der Waals surface area contributed by atoms with Crippen molar-refractivity contribution in [1.29, 1.82) is 0 Å². The van der Waals surface area contributed by atoms with Crippen LogP contribution >= 0.6 is 15.9 Å². The molecule has 0 saturated heterocycles. The molecule has 0 aliphatic rings. The molecule has 122 valence electrons. The average molecular weight is 382 g/mol. The number of rotatable bonds is 6. The molecule has 1 unspecified atom stereocenters. The Labute approximate surface area is 142 Å². The Morgan fingerprint density at radius 3 is 2.57 bits per heavy atom. The van der Waals surface area contributed by atoms with E-state index in [1.165, 1.54) is 19.2 Å². The van der Waals surface area contributed by atoms with E-state index in [9.17, 15) is 9.18 Å². The van der Waals surface area contributed by atoms with E-state index in [2.05, 4.69) is 21.2 Å². The van der Waals surface area contributed by atoms with Crippen molar-refractivity contribution in [2.45, 2.75) is 13.0 Å². The molecule has 1 amide bonds. The second kappa shape index (κ2) is 7.97. The number of nitrogens with one attached hydrogen (secondary N) is 1. The highest BCUT2D eigenvalue weighted by molar-refractivity contribution is 9.10. The minimum absolute atomic E-state index is 0.107. The lowest BCUT2D eigenvalue weighted by Gasteiger charge is -2.15. The second-order valence-corrected chi connectivity index (χ2v) is 5.84. The molecule has 0 aliphatic heterocycles. The van der Waals surface area contributed by atoms with Crippen LogP contribution in [0.15, 0.2) is 46.9 Å². The first-order valence-electron chi connectivity index (χ1n) is 7.00. The average Bonchev–Trinajstić information content (AvgIpc) is 2.54. The van der Waals surface area contributed by atoms with E-state index in [-0.39, 0.29) is 24.3 Å². The molecular formula is C17H17BrFNO3. The Bertz CT molecular complexity index is 676. The molecule has 2 rings (SSSR count). The zero-order valence-electron chi connectivity index (χ0n) is 12.8. The molecule has 2 aromatic carbocycles. The number of hydrogen-bond acceptors (Lipinski definition) is 3. The third-order valence-electron chi connectivity index (χ3n) is 3.24. The molecule has 0 radical (unpaired) electrons. The maximum atomic E-state index is 13.7. The minimum Gasteiger partial charge on any atom is -0.494 e. The van der Waals surface area contributed by atoms with Crippen LogP contribution in [0.1, 0.15) is 18.5 Å². The summed E-state index contributed by atoms with van der Waals surface area (Å²) in [5, 5.41) is 2.76. The topological polar surface area (TPSA) is 47.6 Å². The van der Waals surface area contributed by atoms with Crippen molar-refractivity contribution in [1.82, 2.24) is 5.32 Å². The van der Waals surface area contributed by atoms with Gasteiger partial charge < -0.3 is 14.8 Å². The normalized spacial score (nSPS) is 11.7. The number of amides is 1. The summed E-state index contributed by atoms with van der Waals surface area (Å²) in [6.07, 6.45) is 0. The van der Waals surface area contributed by atoms with Crippen molar-refractivity contribution < 1.29 is 18.7 Å². The van der Waals surface area contributed by atoms with Gasteiger partial charge >= 0.3 is 0 Å². The van der Waals surface area contributed by atoms with Gasteiger partial charge in [-0.3, -0.25) is 4.79 Å². The van der Waals surface area contributed by atoms with Gasteiger partial charge in [0.05, 0.1) is 13.2 Å². The molecular weight excluding hydrogens is 365 g/mol. The molecule has 1 atom stereocenters. The molecule has 0 aliphatic carbocycles. The Balaban J connectivity index is 1.89. The predicted octanol–water partition coefficient (Wildman–Crippen LogP) is 3.85. The van der Waals surface area contributed by atoms with E-state index >= 15 is 0 Å². The van der Waals surface area contributed by atoms with E-state index in [1.54, 1.807) is 25.1 Å². The van der Waals surface area contributed by atoms with Crippen molar-refractivity contribution in [3.8, 4) is 11.5 Å². The van der Waals surface area contributed by atoms with E-state index in [4.69, 9.17) is 9.47 Å². The highest BCUT2D eigenvalue weighted by Crippen LogP contribution is 2.21. The van der Waals surface area contributed by atoms with Gasteiger partial charge in [-0.05, 0) is 48.9 Å².